The molecule has 46 heavy (non-hydrogen) atoms. The second-order valence-electron chi connectivity index (χ2n) is 13.5. The zero-order valence-electron chi connectivity index (χ0n) is 29.2. The van der Waals surface area contributed by atoms with Gasteiger partial charge in [0.15, 0.2) is 6.29 Å². The van der Waals surface area contributed by atoms with Gasteiger partial charge < -0.3 is 45.4 Å². The summed E-state index contributed by atoms with van der Waals surface area (Å²) in [6, 6.07) is -0.981. The van der Waals surface area contributed by atoms with Gasteiger partial charge in [-0.2, -0.15) is 0 Å². The Morgan fingerprint density at radius 1 is 0.674 bits per heavy atom. The Kier molecular flexibility index (Phi) is 26.3. The fraction of sp³-hybridized carbons (Fsp3) is 0.972. The van der Waals surface area contributed by atoms with E-state index in [1.165, 1.54) is 83.5 Å². The van der Waals surface area contributed by atoms with E-state index in [1.54, 1.807) is 0 Å². The standard InChI is InChI=1S/C36H71NO9/c1-3-5-7-9-11-13-14-15-17-18-20-22-24-29(39)32(41)28(27-45-36-35(44)34(43)33(42)30(26-38)46-36)37-31(40)25-23-21-19-16-12-10-8-6-4-2/h28-30,32-36,38-39,41-44H,3-27H2,1-2H3,(H,37,40)/t28-,29+,30+,32-,33+,34?,35?,36+/m0/s1. The lowest BCUT2D eigenvalue weighted by atomic mass is 9.98. The van der Waals surface area contributed by atoms with Gasteiger partial charge in [0.05, 0.1) is 25.4 Å². The van der Waals surface area contributed by atoms with Crippen molar-refractivity contribution in [1.82, 2.24) is 5.32 Å². The molecule has 0 spiro atoms. The second kappa shape index (κ2) is 28.0. The summed E-state index contributed by atoms with van der Waals surface area (Å²) in [7, 11) is 0. The van der Waals surface area contributed by atoms with Crippen LogP contribution < -0.4 is 5.32 Å². The first-order valence-electron chi connectivity index (χ1n) is 18.8. The average molecular weight is 662 g/mol. The van der Waals surface area contributed by atoms with Crippen LogP contribution in [0.4, 0.5) is 0 Å². The van der Waals surface area contributed by atoms with E-state index in [2.05, 4.69) is 19.2 Å². The fourth-order valence-corrected chi connectivity index (χ4v) is 6.14. The highest BCUT2D eigenvalue weighted by molar-refractivity contribution is 5.76. The van der Waals surface area contributed by atoms with Crippen LogP contribution in [0, 0.1) is 0 Å². The molecule has 1 fully saturated rings. The van der Waals surface area contributed by atoms with Crippen LogP contribution in [-0.4, -0.2) is 98.7 Å². The van der Waals surface area contributed by atoms with Crippen LogP contribution in [0.15, 0.2) is 0 Å². The third kappa shape index (κ3) is 19.2. The van der Waals surface area contributed by atoms with Crippen molar-refractivity contribution in [2.24, 2.45) is 0 Å². The third-order valence-corrected chi connectivity index (χ3v) is 9.30. The molecule has 0 aromatic rings. The molecule has 1 aliphatic heterocycles. The minimum absolute atomic E-state index is 0.262. The van der Waals surface area contributed by atoms with Crippen molar-refractivity contribution in [3.63, 3.8) is 0 Å². The Balaban J connectivity index is 2.51. The Morgan fingerprint density at radius 3 is 1.61 bits per heavy atom. The molecular formula is C36H71NO9. The average Bonchev–Trinajstić information content (AvgIpc) is 3.05. The topological polar surface area (TPSA) is 169 Å². The highest BCUT2D eigenvalue weighted by Gasteiger charge is 2.44. The molecule has 0 aliphatic carbocycles. The van der Waals surface area contributed by atoms with Crippen molar-refractivity contribution >= 4 is 5.91 Å². The predicted octanol–water partition coefficient (Wildman–Crippen LogP) is 5.02. The van der Waals surface area contributed by atoms with E-state index in [9.17, 15) is 35.4 Å². The lowest BCUT2D eigenvalue weighted by molar-refractivity contribution is -0.303. The summed E-state index contributed by atoms with van der Waals surface area (Å²) in [6.07, 6.45) is 15.5. The largest absolute Gasteiger partial charge is 0.394 e. The zero-order chi connectivity index (χ0) is 34.0. The summed E-state index contributed by atoms with van der Waals surface area (Å²) in [5.41, 5.74) is 0. The van der Waals surface area contributed by atoms with Gasteiger partial charge in [-0.05, 0) is 12.8 Å². The van der Waals surface area contributed by atoms with E-state index in [-0.39, 0.29) is 18.9 Å². The molecule has 2 unspecified atom stereocenters. The summed E-state index contributed by atoms with van der Waals surface area (Å²) in [5, 5.41) is 64.6. The predicted molar refractivity (Wildman–Crippen MR) is 181 cm³/mol. The number of hydrogen-bond acceptors (Lipinski definition) is 9. The van der Waals surface area contributed by atoms with Gasteiger partial charge in [-0.25, -0.2) is 0 Å². The molecule has 0 radical (unpaired) electrons. The van der Waals surface area contributed by atoms with Crippen LogP contribution in [0.25, 0.3) is 0 Å². The van der Waals surface area contributed by atoms with Crippen molar-refractivity contribution in [3.8, 4) is 0 Å². The lowest BCUT2D eigenvalue weighted by Crippen LogP contribution is -2.60. The van der Waals surface area contributed by atoms with Crippen molar-refractivity contribution in [2.75, 3.05) is 13.2 Å². The van der Waals surface area contributed by atoms with Crippen LogP contribution in [0.5, 0.6) is 0 Å². The summed E-state index contributed by atoms with van der Waals surface area (Å²) >= 11 is 0. The molecule has 8 atom stereocenters. The second-order valence-corrected chi connectivity index (χ2v) is 13.5. The van der Waals surface area contributed by atoms with Crippen LogP contribution >= 0.6 is 0 Å². The van der Waals surface area contributed by atoms with E-state index in [1.807, 2.05) is 0 Å². The third-order valence-electron chi connectivity index (χ3n) is 9.30. The highest BCUT2D eigenvalue weighted by Crippen LogP contribution is 2.23. The normalized spacial score (nSPS) is 23.7. The first kappa shape index (κ1) is 43.2. The van der Waals surface area contributed by atoms with Crippen LogP contribution in [0.2, 0.25) is 0 Å². The summed E-state index contributed by atoms with van der Waals surface area (Å²) < 4.78 is 11.1. The molecule has 0 aromatic heterocycles. The quantitative estimate of drug-likeness (QED) is 0.0523. The number of carbonyl (C=O) groups is 1. The molecule has 0 saturated carbocycles. The lowest BCUT2D eigenvalue weighted by Gasteiger charge is -2.40. The molecule has 1 rings (SSSR count). The van der Waals surface area contributed by atoms with Crippen molar-refractivity contribution in [2.45, 2.75) is 210 Å². The van der Waals surface area contributed by atoms with Gasteiger partial charge in [-0.15, -0.1) is 0 Å². The monoisotopic (exact) mass is 662 g/mol. The fourth-order valence-electron chi connectivity index (χ4n) is 6.14. The minimum atomic E-state index is -1.60. The van der Waals surface area contributed by atoms with Gasteiger partial charge in [-0.1, -0.05) is 142 Å². The number of nitrogens with one attached hydrogen (secondary N) is 1. The maximum Gasteiger partial charge on any atom is 0.220 e. The van der Waals surface area contributed by atoms with Crippen LogP contribution in [0.3, 0.4) is 0 Å². The number of rotatable bonds is 30. The van der Waals surface area contributed by atoms with Crippen molar-refractivity contribution < 1.29 is 44.9 Å². The molecule has 7 N–H and O–H groups in total. The molecule has 1 amide bonds. The van der Waals surface area contributed by atoms with Crippen LogP contribution in [0.1, 0.15) is 162 Å². The maximum absolute atomic E-state index is 12.8. The number of amides is 1. The Morgan fingerprint density at radius 2 is 1.13 bits per heavy atom. The zero-order valence-corrected chi connectivity index (χ0v) is 29.2. The van der Waals surface area contributed by atoms with Gasteiger partial charge in [0.25, 0.3) is 0 Å². The van der Waals surface area contributed by atoms with E-state index in [0.717, 1.165) is 51.4 Å². The van der Waals surface area contributed by atoms with E-state index in [4.69, 9.17) is 9.47 Å². The first-order valence-corrected chi connectivity index (χ1v) is 18.8. The molecule has 1 aliphatic rings. The van der Waals surface area contributed by atoms with E-state index < -0.39 is 55.6 Å². The smallest absolute Gasteiger partial charge is 0.220 e. The van der Waals surface area contributed by atoms with E-state index in [0.29, 0.717) is 6.42 Å². The highest BCUT2D eigenvalue weighted by atomic mass is 16.7. The molecule has 0 aromatic carbocycles. The first-order chi connectivity index (χ1) is 22.3. The molecule has 10 nitrogen and oxygen atoms in total. The van der Waals surface area contributed by atoms with Gasteiger partial charge in [0.2, 0.25) is 5.91 Å². The maximum atomic E-state index is 12.8. The molecule has 1 heterocycles. The number of carbonyl (C=O) groups excluding carboxylic acids is 1. The number of ether oxygens (including phenoxy) is 2. The molecule has 10 heteroatoms. The van der Waals surface area contributed by atoms with Gasteiger partial charge in [0, 0.05) is 6.42 Å². The van der Waals surface area contributed by atoms with Crippen molar-refractivity contribution in [3.05, 3.63) is 0 Å². The van der Waals surface area contributed by atoms with Crippen molar-refractivity contribution in [1.29, 1.82) is 0 Å². The molecule has 0 bridgehead atoms. The van der Waals surface area contributed by atoms with Crippen LogP contribution in [-0.2, 0) is 14.3 Å². The number of unbranched alkanes of at least 4 members (excludes halogenated alkanes) is 19. The SMILES string of the molecule is CCCCCCCCCCCCCC[C@@H](O)[C@@H](O)[C@H](CO[C@@H]1O[C@H](CO)[C@@H](O)C(O)C1O)NC(=O)CCCCCCCCCCC. The van der Waals surface area contributed by atoms with Gasteiger partial charge in [-0.3, -0.25) is 4.79 Å². The summed E-state index contributed by atoms with van der Waals surface area (Å²) in [4.78, 5) is 12.8. The molecular weight excluding hydrogens is 590 g/mol. The summed E-state index contributed by atoms with van der Waals surface area (Å²) in [6.45, 7) is 3.54. The Labute approximate surface area is 279 Å². The molecule has 1 saturated heterocycles. The molecule has 274 valence electrons. The number of aliphatic hydroxyl groups is 6. The van der Waals surface area contributed by atoms with E-state index >= 15 is 0 Å². The summed E-state index contributed by atoms with van der Waals surface area (Å²) in [5.74, 6) is -0.262. The van der Waals surface area contributed by atoms with Gasteiger partial charge >= 0.3 is 0 Å². The van der Waals surface area contributed by atoms with Gasteiger partial charge in [0.1, 0.15) is 30.5 Å². The number of hydrogen-bond donors (Lipinski definition) is 7. The Bertz CT molecular complexity index is 713. The number of aliphatic hydroxyl groups excluding tert-OH is 6. The minimum Gasteiger partial charge on any atom is -0.394 e. The Hall–Kier alpha value is -0.850.